The quantitative estimate of drug-likeness (QED) is 0.632. The minimum atomic E-state index is -0.473. The highest BCUT2D eigenvalue weighted by atomic mass is 16.1. The number of hydrogen-bond donors (Lipinski definition) is 1. The van der Waals surface area contributed by atoms with Gasteiger partial charge in [0.1, 0.15) is 0 Å². The van der Waals surface area contributed by atoms with E-state index in [1.54, 1.807) is 10.7 Å². The summed E-state index contributed by atoms with van der Waals surface area (Å²) < 4.78 is 1.68. The molecule has 0 aliphatic carbocycles. The minimum absolute atomic E-state index is 0.432. The second-order valence-corrected chi connectivity index (χ2v) is 5.45. The standard InChI is InChI=1S/C18H14N4O/c19-18(23)16-11-21-22-7-3-6-13(17(16)22)9-15-8-12-4-1-2-5-14(12)10-20-15/h1-8,10-11H,9H2,(H2,19,23). The zero-order valence-electron chi connectivity index (χ0n) is 12.3. The Kier molecular flexibility index (Phi) is 3.05. The fourth-order valence-electron chi connectivity index (χ4n) is 2.86. The first-order valence-electron chi connectivity index (χ1n) is 7.31. The fourth-order valence-corrected chi connectivity index (χ4v) is 2.86. The Morgan fingerprint density at radius 1 is 1.09 bits per heavy atom. The van der Waals surface area contributed by atoms with Crippen LogP contribution in [0.5, 0.6) is 0 Å². The molecular formula is C18H14N4O. The summed E-state index contributed by atoms with van der Waals surface area (Å²) in [6.45, 7) is 0. The van der Waals surface area contributed by atoms with Crippen LogP contribution in [0, 0.1) is 0 Å². The SMILES string of the molecule is NC(=O)c1cnn2cccc(Cc3cc4ccccc4cn3)c12. The first kappa shape index (κ1) is 13.5. The van der Waals surface area contributed by atoms with E-state index in [0.29, 0.717) is 12.0 Å². The Bertz CT molecular complexity index is 1040. The largest absolute Gasteiger partial charge is 0.365 e. The summed E-state index contributed by atoms with van der Waals surface area (Å²) in [6, 6.07) is 14.1. The van der Waals surface area contributed by atoms with Crippen LogP contribution in [0.1, 0.15) is 21.6 Å². The van der Waals surface area contributed by atoms with Crippen LogP contribution in [0.2, 0.25) is 0 Å². The minimum Gasteiger partial charge on any atom is -0.365 e. The van der Waals surface area contributed by atoms with Gasteiger partial charge >= 0.3 is 0 Å². The van der Waals surface area contributed by atoms with Gasteiger partial charge in [-0.3, -0.25) is 9.78 Å². The number of carbonyl (C=O) groups is 1. The summed E-state index contributed by atoms with van der Waals surface area (Å²) in [7, 11) is 0. The summed E-state index contributed by atoms with van der Waals surface area (Å²) in [5, 5.41) is 6.44. The monoisotopic (exact) mass is 302 g/mol. The summed E-state index contributed by atoms with van der Waals surface area (Å²) in [4.78, 5) is 16.1. The highest BCUT2D eigenvalue weighted by Gasteiger charge is 2.13. The number of fused-ring (bicyclic) bond motifs is 2. The summed E-state index contributed by atoms with van der Waals surface area (Å²) in [5.74, 6) is -0.473. The average molecular weight is 302 g/mol. The lowest BCUT2D eigenvalue weighted by Gasteiger charge is -2.06. The molecule has 0 radical (unpaired) electrons. The highest BCUT2D eigenvalue weighted by Crippen LogP contribution is 2.20. The van der Waals surface area contributed by atoms with E-state index in [0.717, 1.165) is 27.5 Å². The van der Waals surface area contributed by atoms with Crippen LogP contribution in [-0.2, 0) is 6.42 Å². The van der Waals surface area contributed by atoms with Crippen molar-refractivity contribution >= 4 is 22.2 Å². The Balaban J connectivity index is 1.82. The molecular weight excluding hydrogens is 288 g/mol. The maximum Gasteiger partial charge on any atom is 0.252 e. The van der Waals surface area contributed by atoms with Crippen molar-refractivity contribution in [3.63, 3.8) is 0 Å². The number of nitrogens with zero attached hydrogens (tertiary/aromatic N) is 3. The molecule has 1 aromatic carbocycles. The molecule has 0 saturated heterocycles. The van der Waals surface area contributed by atoms with E-state index in [-0.39, 0.29) is 0 Å². The molecule has 4 aromatic rings. The van der Waals surface area contributed by atoms with E-state index in [9.17, 15) is 4.79 Å². The topological polar surface area (TPSA) is 73.3 Å². The third-order valence-electron chi connectivity index (χ3n) is 3.95. The molecule has 0 fully saturated rings. The lowest BCUT2D eigenvalue weighted by molar-refractivity contribution is 0.100. The first-order chi connectivity index (χ1) is 11.2. The van der Waals surface area contributed by atoms with E-state index in [1.165, 1.54) is 6.20 Å². The molecule has 3 aromatic heterocycles. The van der Waals surface area contributed by atoms with E-state index < -0.39 is 5.91 Å². The maximum absolute atomic E-state index is 11.6. The molecule has 23 heavy (non-hydrogen) atoms. The zero-order valence-corrected chi connectivity index (χ0v) is 12.3. The molecule has 2 N–H and O–H groups in total. The molecule has 4 rings (SSSR count). The van der Waals surface area contributed by atoms with Crippen LogP contribution >= 0.6 is 0 Å². The van der Waals surface area contributed by atoms with Gasteiger partial charge in [0, 0.05) is 29.9 Å². The third kappa shape index (κ3) is 2.32. The molecule has 0 spiro atoms. The van der Waals surface area contributed by atoms with Crippen molar-refractivity contribution in [2.45, 2.75) is 6.42 Å². The summed E-state index contributed by atoms with van der Waals surface area (Å²) in [5.41, 5.74) is 8.54. The third-order valence-corrected chi connectivity index (χ3v) is 3.95. The number of pyridine rings is 2. The van der Waals surface area contributed by atoms with Gasteiger partial charge in [-0.2, -0.15) is 5.10 Å². The summed E-state index contributed by atoms with van der Waals surface area (Å²) >= 11 is 0. The van der Waals surface area contributed by atoms with E-state index >= 15 is 0 Å². The maximum atomic E-state index is 11.6. The van der Waals surface area contributed by atoms with Crippen LogP contribution in [0.4, 0.5) is 0 Å². The van der Waals surface area contributed by atoms with Crippen molar-refractivity contribution < 1.29 is 4.79 Å². The number of primary amides is 1. The molecule has 5 heteroatoms. The number of carbonyl (C=O) groups excluding carboxylic acids is 1. The molecule has 1 amide bonds. The lowest BCUT2D eigenvalue weighted by atomic mass is 10.0. The van der Waals surface area contributed by atoms with Crippen molar-refractivity contribution in [1.29, 1.82) is 0 Å². The molecule has 0 aliphatic heterocycles. The Hall–Kier alpha value is -3.21. The van der Waals surface area contributed by atoms with Gasteiger partial charge in [0.2, 0.25) is 0 Å². The molecule has 0 saturated carbocycles. The molecule has 0 atom stereocenters. The van der Waals surface area contributed by atoms with Gasteiger partial charge in [-0.25, -0.2) is 4.52 Å². The molecule has 112 valence electrons. The molecule has 5 nitrogen and oxygen atoms in total. The average Bonchev–Trinajstić information content (AvgIpc) is 3.00. The van der Waals surface area contributed by atoms with Gasteiger partial charge in [0.25, 0.3) is 5.91 Å². The second kappa shape index (κ2) is 5.21. The van der Waals surface area contributed by atoms with Gasteiger partial charge in [-0.05, 0) is 23.1 Å². The number of hydrogen-bond acceptors (Lipinski definition) is 3. The van der Waals surface area contributed by atoms with Crippen LogP contribution in [0.15, 0.2) is 61.1 Å². The Labute approximate surface area is 132 Å². The normalized spacial score (nSPS) is 11.1. The van der Waals surface area contributed by atoms with Crippen LogP contribution in [0.3, 0.4) is 0 Å². The molecule has 0 bridgehead atoms. The van der Waals surface area contributed by atoms with E-state index in [2.05, 4.69) is 22.2 Å². The first-order valence-corrected chi connectivity index (χ1v) is 7.31. The van der Waals surface area contributed by atoms with Crippen molar-refractivity contribution in [2.24, 2.45) is 5.73 Å². The lowest BCUT2D eigenvalue weighted by Crippen LogP contribution is -2.11. The van der Waals surface area contributed by atoms with E-state index in [4.69, 9.17) is 5.73 Å². The summed E-state index contributed by atoms with van der Waals surface area (Å²) in [6.07, 6.45) is 5.80. The van der Waals surface area contributed by atoms with Crippen LogP contribution in [0.25, 0.3) is 16.3 Å². The Morgan fingerprint density at radius 3 is 2.74 bits per heavy atom. The van der Waals surface area contributed by atoms with Crippen molar-refractivity contribution in [1.82, 2.24) is 14.6 Å². The van der Waals surface area contributed by atoms with Gasteiger partial charge < -0.3 is 5.73 Å². The molecule has 3 heterocycles. The van der Waals surface area contributed by atoms with Gasteiger partial charge in [-0.15, -0.1) is 0 Å². The van der Waals surface area contributed by atoms with E-state index in [1.807, 2.05) is 36.5 Å². The van der Waals surface area contributed by atoms with Crippen molar-refractivity contribution in [2.75, 3.05) is 0 Å². The predicted octanol–water partition coefficient (Wildman–Crippen LogP) is 2.57. The predicted molar refractivity (Wildman–Crippen MR) is 88.3 cm³/mol. The molecule has 0 aliphatic rings. The van der Waals surface area contributed by atoms with Crippen LogP contribution < -0.4 is 5.73 Å². The number of rotatable bonds is 3. The van der Waals surface area contributed by atoms with Crippen molar-refractivity contribution in [3.8, 4) is 0 Å². The second-order valence-electron chi connectivity index (χ2n) is 5.45. The zero-order chi connectivity index (χ0) is 15.8. The fraction of sp³-hybridized carbons (Fsp3) is 0.0556. The Morgan fingerprint density at radius 2 is 1.91 bits per heavy atom. The molecule has 0 unspecified atom stereocenters. The van der Waals surface area contributed by atoms with Gasteiger partial charge in [-0.1, -0.05) is 30.3 Å². The van der Waals surface area contributed by atoms with Crippen LogP contribution in [-0.4, -0.2) is 20.5 Å². The number of nitrogens with two attached hydrogens (primary N) is 1. The van der Waals surface area contributed by atoms with Gasteiger partial charge in [0.15, 0.2) is 0 Å². The number of benzene rings is 1. The highest BCUT2D eigenvalue weighted by molar-refractivity contribution is 6.00. The number of aromatic nitrogens is 3. The van der Waals surface area contributed by atoms with Crippen molar-refractivity contribution in [3.05, 3.63) is 77.9 Å². The van der Waals surface area contributed by atoms with Gasteiger partial charge in [0.05, 0.1) is 17.3 Å². The number of amides is 1. The smallest absolute Gasteiger partial charge is 0.252 e.